The number of halogens is 1. The van der Waals surface area contributed by atoms with E-state index in [1.807, 2.05) is 6.07 Å². The number of benzene rings is 1. The molecule has 1 atom stereocenters. The summed E-state index contributed by atoms with van der Waals surface area (Å²) in [6, 6.07) is 9.55. The van der Waals surface area contributed by atoms with Crippen LogP contribution in [0.3, 0.4) is 0 Å². The maximum atomic E-state index is 13.3. The Bertz CT molecular complexity index is 779. The molecule has 1 aliphatic heterocycles. The number of rotatable bonds is 3. The summed E-state index contributed by atoms with van der Waals surface area (Å²) >= 11 is 0. The number of hydrogen-bond acceptors (Lipinski definition) is 4. The van der Waals surface area contributed by atoms with Crippen LogP contribution in [0.1, 0.15) is 17.9 Å². The Morgan fingerprint density at radius 2 is 2.16 bits per heavy atom. The average molecular weight is 343 g/mol. The van der Waals surface area contributed by atoms with E-state index in [0.29, 0.717) is 31.1 Å². The molecule has 1 saturated heterocycles. The van der Waals surface area contributed by atoms with Crippen LogP contribution < -0.4 is 10.1 Å². The first-order valence-corrected chi connectivity index (χ1v) is 7.92. The van der Waals surface area contributed by atoms with E-state index < -0.39 is 11.8 Å². The summed E-state index contributed by atoms with van der Waals surface area (Å²) in [5.74, 6) is -1.16. The van der Waals surface area contributed by atoms with Gasteiger partial charge in [-0.15, -0.1) is 0 Å². The van der Waals surface area contributed by atoms with Gasteiger partial charge in [0.15, 0.2) is 0 Å². The highest BCUT2D eigenvalue weighted by Crippen LogP contribution is 2.27. The fourth-order valence-corrected chi connectivity index (χ4v) is 2.88. The number of carbonyl (C=O) groups excluding carboxylic acids is 2. The standard InChI is InChI=1S/C18H18FN3O3/c1-25-16-6-5-15(10-20-16)21-17(23)18(24)22-8-7-13(11-22)12-3-2-4-14(19)9-12/h2-6,9-10,13H,7-8,11H2,1H3,(H,21,23). The van der Waals surface area contributed by atoms with Crippen LogP contribution >= 0.6 is 0 Å². The average Bonchev–Trinajstić information content (AvgIpc) is 3.12. The largest absolute Gasteiger partial charge is 0.481 e. The molecule has 2 amide bonds. The maximum absolute atomic E-state index is 13.3. The molecule has 0 radical (unpaired) electrons. The smallest absolute Gasteiger partial charge is 0.313 e. The van der Waals surface area contributed by atoms with Gasteiger partial charge in [-0.1, -0.05) is 12.1 Å². The van der Waals surface area contributed by atoms with Crippen molar-refractivity contribution in [2.75, 3.05) is 25.5 Å². The Morgan fingerprint density at radius 3 is 2.84 bits per heavy atom. The van der Waals surface area contributed by atoms with Crippen molar-refractivity contribution in [3.8, 4) is 5.88 Å². The molecular weight excluding hydrogens is 325 g/mol. The molecule has 1 fully saturated rings. The molecule has 0 bridgehead atoms. The van der Waals surface area contributed by atoms with Crippen molar-refractivity contribution >= 4 is 17.5 Å². The predicted octanol–water partition coefficient (Wildman–Crippen LogP) is 2.18. The highest BCUT2D eigenvalue weighted by molar-refractivity contribution is 6.39. The summed E-state index contributed by atoms with van der Waals surface area (Å²) in [6.07, 6.45) is 2.12. The first-order valence-electron chi connectivity index (χ1n) is 7.92. The van der Waals surface area contributed by atoms with Crippen molar-refractivity contribution in [2.45, 2.75) is 12.3 Å². The summed E-state index contributed by atoms with van der Waals surface area (Å²) in [4.78, 5) is 29.9. The monoisotopic (exact) mass is 343 g/mol. The summed E-state index contributed by atoms with van der Waals surface area (Å²) in [7, 11) is 1.49. The van der Waals surface area contributed by atoms with E-state index in [0.717, 1.165) is 5.56 Å². The Balaban J connectivity index is 1.60. The molecule has 0 saturated carbocycles. The fourth-order valence-electron chi connectivity index (χ4n) is 2.88. The van der Waals surface area contributed by atoms with Crippen molar-refractivity contribution in [3.05, 3.63) is 54.0 Å². The first-order chi connectivity index (χ1) is 12.1. The van der Waals surface area contributed by atoms with Gasteiger partial charge in [-0.3, -0.25) is 9.59 Å². The highest BCUT2D eigenvalue weighted by atomic mass is 19.1. The summed E-state index contributed by atoms with van der Waals surface area (Å²) in [5, 5.41) is 2.53. The van der Waals surface area contributed by atoms with E-state index in [4.69, 9.17) is 4.74 Å². The van der Waals surface area contributed by atoms with Gasteiger partial charge in [0.2, 0.25) is 5.88 Å². The third-order valence-electron chi connectivity index (χ3n) is 4.19. The maximum Gasteiger partial charge on any atom is 0.313 e. The lowest BCUT2D eigenvalue weighted by atomic mass is 9.98. The minimum absolute atomic E-state index is 0.0371. The lowest BCUT2D eigenvalue weighted by Crippen LogP contribution is -2.38. The van der Waals surface area contributed by atoms with E-state index in [9.17, 15) is 14.0 Å². The molecule has 1 aromatic carbocycles. The minimum atomic E-state index is -0.716. The number of likely N-dealkylation sites (tertiary alicyclic amines) is 1. The molecule has 3 rings (SSSR count). The minimum Gasteiger partial charge on any atom is -0.481 e. The van der Waals surface area contributed by atoms with Gasteiger partial charge in [-0.25, -0.2) is 9.37 Å². The predicted molar refractivity (Wildman–Crippen MR) is 89.8 cm³/mol. The SMILES string of the molecule is COc1ccc(NC(=O)C(=O)N2CCC(c3cccc(F)c3)C2)cn1. The van der Waals surface area contributed by atoms with Crippen LogP contribution in [-0.4, -0.2) is 41.9 Å². The third-order valence-corrected chi connectivity index (χ3v) is 4.19. The molecule has 2 aromatic rings. The molecule has 6 nitrogen and oxygen atoms in total. The van der Waals surface area contributed by atoms with Crippen molar-refractivity contribution in [1.29, 1.82) is 0 Å². The van der Waals surface area contributed by atoms with Gasteiger partial charge in [-0.2, -0.15) is 0 Å². The third kappa shape index (κ3) is 3.93. The van der Waals surface area contributed by atoms with Crippen LogP contribution in [-0.2, 0) is 9.59 Å². The number of nitrogens with zero attached hydrogens (tertiary/aromatic N) is 2. The van der Waals surface area contributed by atoms with E-state index >= 15 is 0 Å². The highest BCUT2D eigenvalue weighted by Gasteiger charge is 2.31. The topological polar surface area (TPSA) is 71.5 Å². The van der Waals surface area contributed by atoms with Gasteiger partial charge in [0.1, 0.15) is 5.82 Å². The first kappa shape index (κ1) is 16.9. The Kier molecular flexibility index (Phi) is 4.92. The Morgan fingerprint density at radius 1 is 1.32 bits per heavy atom. The summed E-state index contributed by atoms with van der Waals surface area (Å²) in [6.45, 7) is 0.866. The number of hydrogen-bond donors (Lipinski definition) is 1. The molecule has 2 heterocycles. The number of ether oxygens (including phenoxy) is 1. The zero-order valence-electron chi connectivity index (χ0n) is 13.7. The summed E-state index contributed by atoms with van der Waals surface area (Å²) in [5.41, 5.74) is 1.26. The van der Waals surface area contributed by atoms with Crippen molar-refractivity contribution in [1.82, 2.24) is 9.88 Å². The van der Waals surface area contributed by atoms with E-state index in [2.05, 4.69) is 10.3 Å². The van der Waals surface area contributed by atoms with Crippen LogP contribution in [0.2, 0.25) is 0 Å². The Labute approximate surface area is 144 Å². The number of anilines is 1. The molecule has 1 unspecified atom stereocenters. The number of pyridine rings is 1. The van der Waals surface area contributed by atoms with Crippen LogP contribution in [0, 0.1) is 5.82 Å². The normalized spacial score (nSPS) is 16.6. The van der Waals surface area contributed by atoms with Gasteiger partial charge < -0.3 is 15.0 Å². The zero-order valence-corrected chi connectivity index (χ0v) is 13.7. The molecule has 130 valence electrons. The van der Waals surface area contributed by atoms with Gasteiger partial charge in [0, 0.05) is 25.1 Å². The van der Waals surface area contributed by atoms with Gasteiger partial charge in [0.05, 0.1) is 19.0 Å². The molecule has 1 N–H and O–H groups in total. The van der Waals surface area contributed by atoms with Gasteiger partial charge in [-0.05, 0) is 30.2 Å². The molecule has 0 spiro atoms. The second-order valence-electron chi connectivity index (χ2n) is 5.84. The van der Waals surface area contributed by atoms with Crippen molar-refractivity contribution in [2.24, 2.45) is 0 Å². The lowest BCUT2D eigenvalue weighted by Gasteiger charge is -2.16. The Hall–Kier alpha value is -2.96. The second kappa shape index (κ2) is 7.29. The number of aromatic nitrogens is 1. The van der Waals surface area contributed by atoms with Crippen LogP contribution in [0.25, 0.3) is 0 Å². The zero-order chi connectivity index (χ0) is 17.8. The molecule has 7 heteroatoms. The van der Waals surface area contributed by atoms with E-state index in [1.54, 1.807) is 18.2 Å². The molecule has 1 aromatic heterocycles. The molecule has 1 aliphatic rings. The van der Waals surface area contributed by atoms with Crippen molar-refractivity contribution in [3.63, 3.8) is 0 Å². The molecule has 25 heavy (non-hydrogen) atoms. The fraction of sp³-hybridized carbons (Fsp3) is 0.278. The van der Waals surface area contributed by atoms with Gasteiger partial charge >= 0.3 is 11.8 Å². The molecular formula is C18H18FN3O3. The lowest BCUT2D eigenvalue weighted by molar-refractivity contribution is -0.142. The second-order valence-corrected chi connectivity index (χ2v) is 5.84. The number of methoxy groups -OCH3 is 1. The number of carbonyl (C=O) groups is 2. The van der Waals surface area contributed by atoms with Crippen molar-refractivity contribution < 1.29 is 18.7 Å². The van der Waals surface area contributed by atoms with Crippen LogP contribution in [0.4, 0.5) is 10.1 Å². The van der Waals surface area contributed by atoms with Gasteiger partial charge in [0.25, 0.3) is 0 Å². The van der Waals surface area contributed by atoms with Crippen LogP contribution in [0.5, 0.6) is 5.88 Å². The summed E-state index contributed by atoms with van der Waals surface area (Å²) < 4.78 is 18.3. The van der Waals surface area contributed by atoms with E-state index in [1.165, 1.54) is 30.3 Å². The van der Waals surface area contributed by atoms with Crippen LogP contribution in [0.15, 0.2) is 42.6 Å². The van der Waals surface area contributed by atoms with E-state index in [-0.39, 0.29) is 11.7 Å². The molecule has 0 aliphatic carbocycles. The number of nitrogens with one attached hydrogen (secondary N) is 1. The number of amides is 2. The quantitative estimate of drug-likeness (QED) is 0.867.